The van der Waals surface area contributed by atoms with Crippen molar-refractivity contribution in [3.8, 4) is 5.75 Å². The van der Waals surface area contributed by atoms with E-state index in [9.17, 15) is 5.11 Å². The maximum atomic E-state index is 9.34. The van der Waals surface area contributed by atoms with Gasteiger partial charge in [-0.15, -0.1) is 0 Å². The third-order valence-corrected chi connectivity index (χ3v) is 1.56. The van der Waals surface area contributed by atoms with Crippen LogP contribution >= 0.6 is 0 Å². The normalized spacial score (nSPS) is 7.27. The molecule has 0 atom stereocenters. The molecule has 1 N–H and O–H groups in total. The first-order valence-electron chi connectivity index (χ1n) is 3.50. The van der Waals surface area contributed by atoms with E-state index in [1.165, 1.54) is 12.1 Å². The number of phenolic OH excluding ortho intramolecular Hbond substituents is 1. The summed E-state index contributed by atoms with van der Waals surface area (Å²) in [6.45, 7) is 0. The molecule has 79 valence electrons. The Kier molecular flexibility index (Phi) is 11.6. The van der Waals surface area contributed by atoms with Gasteiger partial charge in [-0.3, -0.25) is 0 Å². The van der Waals surface area contributed by atoms with E-state index in [4.69, 9.17) is 5.39 Å². The Hall–Kier alpha value is -0.557. The molecule has 0 spiro atoms. The van der Waals surface area contributed by atoms with E-state index in [0.717, 1.165) is 0 Å². The second-order valence-electron chi connectivity index (χ2n) is 2.67. The molecule has 0 aliphatic rings. The molecule has 0 aliphatic heterocycles. The molecule has 7 heteroatoms. The molecule has 0 amide bonds. The van der Waals surface area contributed by atoms with Crippen molar-refractivity contribution in [3.05, 3.63) is 23.2 Å². The van der Waals surface area contributed by atoms with Crippen molar-refractivity contribution < 1.29 is 49.4 Å². The molecule has 1 aromatic rings. The number of hydrogen-bond donors (Lipinski definition) is 1. The number of halogens is 2. The number of rotatable bonds is 1. The van der Waals surface area contributed by atoms with Gasteiger partial charge in [-0.1, -0.05) is 0 Å². The van der Waals surface area contributed by atoms with Crippen LogP contribution in [0.3, 0.4) is 0 Å². The minimum absolute atomic E-state index is 0. The number of aromatic hydroxyl groups is 1. The molecule has 15 heavy (non-hydrogen) atoms. The molecule has 1 aromatic carbocycles. The van der Waals surface area contributed by atoms with E-state index in [1.807, 2.05) is 0 Å². The first kappa shape index (κ1) is 19.9. The number of diazo groups is 1. The Morgan fingerprint density at radius 1 is 1.27 bits per heavy atom. The summed E-state index contributed by atoms with van der Waals surface area (Å²) in [6, 6.07) is 4.61. The predicted molar refractivity (Wildman–Crippen MR) is 47.2 cm³/mol. The third-order valence-electron chi connectivity index (χ3n) is 1.56. The summed E-state index contributed by atoms with van der Waals surface area (Å²) in [6.07, 6.45) is 0. The fourth-order valence-electron chi connectivity index (χ4n) is 0.932. The predicted octanol–water partition coefficient (Wildman–Crippen LogP) is -4.05. The average Bonchev–Trinajstić information content (AvgIpc) is 2.05. The van der Waals surface area contributed by atoms with Crippen LogP contribution in [0.5, 0.6) is 5.75 Å². The van der Waals surface area contributed by atoms with Crippen LogP contribution in [-0.2, 0) is 19.5 Å². The summed E-state index contributed by atoms with van der Waals surface area (Å²) in [4.78, 5) is 4.76. The van der Waals surface area contributed by atoms with E-state index in [0.29, 0.717) is 11.4 Å². The maximum absolute atomic E-state index is 9.34. The standard InChI is InChI=1S/C8H9N3O.2ClH.Zn/c1-11(2)7-5-6(10-9)3-4-8(7)12;;;/h3-5H,1-2H3;2*1H;/q;;;+1/p-1. The van der Waals surface area contributed by atoms with Gasteiger partial charge in [0.25, 0.3) is 0 Å². The molecule has 4 nitrogen and oxygen atoms in total. The summed E-state index contributed by atoms with van der Waals surface area (Å²) in [7, 11) is 3.60. The summed E-state index contributed by atoms with van der Waals surface area (Å²) >= 11 is 0. The monoisotopic (exact) mass is 298 g/mol. The Balaban J connectivity index is -0.000000480. The molecular weight excluding hydrogens is 290 g/mol. The Bertz CT molecular complexity index is 341. The summed E-state index contributed by atoms with van der Waals surface area (Å²) in [5, 5.41) is 17.8. The molecule has 1 radical (unpaired) electrons. The zero-order chi connectivity index (χ0) is 9.14. The van der Waals surface area contributed by atoms with Crippen LogP contribution in [0.1, 0.15) is 0 Å². The van der Waals surface area contributed by atoms with E-state index in [2.05, 4.69) is 4.98 Å². The van der Waals surface area contributed by atoms with Crippen LogP contribution in [0.25, 0.3) is 4.98 Å². The van der Waals surface area contributed by atoms with Gasteiger partial charge in [-0.05, 0) is 6.07 Å². The Labute approximate surface area is 114 Å². The Morgan fingerprint density at radius 3 is 2.20 bits per heavy atom. The van der Waals surface area contributed by atoms with Gasteiger partial charge in [-0.2, -0.15) is 0 Å². The first-order chi connectivity index (χ1) is 5.65. The molecule has 0 heterocycles. The number of nitrogens with zero attached hydrogens (tertiary/aromatic N) is 3. The average molecular weight is 300 g/mol. The molecule has 0 saturated heterocycles. The summed E-state index contributed by atoms with van der Waals surface area (Å²) < 4.78 is 0. The maximum Gasteiger partial charge on any atom is 1.00 e. The van der Waals surface area contributed by atoms with Gasteiger partial charge in [0.1, 0.15) is 5.75 Å². The molecule has 0 aliphatic carbocycles. The minimum Gasteiger partial charge on any atom is -1.00 e. The van der Waals surface area contributed by atoms with Gasteiger partial charge in [0.15, 0.2) is 4.98 Å². The summed E-state index contributed by atoms with van der Waals surface area (Å²) in [5.41, 5.74) is 1.06. The fraction of sp³-hybridized carbons (Fsp3) is 0.250. The van der Waals surface area contributed by atoms with Gasteiger partial charge in [-0.25, -0.2) is 0 Å². The molecular formula is C8H10Cl2N3OZn. The van der Waals surface area contributed by atoms with Crippen molar-refractivity contribution in [1.82, 2.24) is 0 Å². The topological polar surface area (TPSA) is 51.6 Å². The largest absolute Gasteiger partial charge is 1.00 e. The summed E-state index contributed by atoms with van der Waals surface area (Å²) in [5.74, 6) is 0.174. The fourth-order valence-corrected chi connectivity index (χ4v) is 0.932. The second-order valence-corrected chi connectivity index (χ2v) is 2.67. The van der Waals surface area contributed by atoms with Gasteiger partial charge >= 0.3 is 25.2 Å². The smallest absolute Gasteiger partial charge is 1.00 e. The van der Waals surface area contributed by atoms with Gasteiger partial charge in [0.2, 0.25) is 5.39 Å². The zero-order valence-corrected chi connectivity index (χ0v) is 13.0. The molecule has 1 rings (SSSR count). The molecule has 0 aromatic heterocycles. The van der Waals surface area contributed by atoms with Crippen molar-refractivity contribution in [1.29, 1.82) is 5.39 Å². The molecule has 0 fully saturated rings. The number of anilines is 1. The van der Waals surface area contributed by atoms with E-state index in [1.54, 1.807) is 25.1 Å². The Morgan fingerprint density at radius 2 is 1.80 bits per heavy atom. The quantitative estimate of drug-likeness (QED) is 0.424. The minimum atomic E-state index is 0. The molecule has 0 bridgehead atoms. The van der Waals surface area contributed by atoms with Gasteiger partial charge in [0, 0.05) is 20.2 Å². The van der Waals surface area contributed by atoms with Crippen LogP contribution in [0.2, 0.25) is 0 Å². The van der Waals surface area contributed by atoms with Crippen molar-refractivity contribution in [2.45, 2.75) is 0 Å². The van der Waals surface area contributed by atoms with E-state index < -0.39 is 0 Å². The number of hydrogen-bond acceptors (Lipinski definition) is 3. The van der Waals surface area contributed by atoms with Gasteiger partial charge < -0.3 is 34.8 Å². The second kappa shape index (κ2) is 8.73. The van der Waals surface area contributed by atoms with Crippen LogP contribution in [0.15, 0.2) is 18.2 Å². The van der Waals surface area contributed by atoms with Crippen molar-refractivity contribution in [3.63, 3.8) is 0 Å². The van der Waals surface area contributed by atoms with Crippen LogP contribution in [0, 0.1) is 5.39 Å². The van der Waals surface area contributed by atoms with Crippen molar-refractivity contribution in [2.24, 2.45) is 0 Å². The zero-order valence-electron chi connectivity index (χ0n) is 8.48. The third kappa shape index (κ3) is 5.18. The number of phenols is 1. The molecule has 0 unspecified atom stereocenters. The van der Waals surface area contributed by atoms with Crippen molar-refractivity contribution >= 4 is 11.4 Å². The van der Waals surface area contributed by atoms with Crippen LogP contribution in [0.4, 0.5) is 11.4 Å². The van der Waals surface area contributed by atoms with Gasteiger partial charge in [0.05, 0.1) is 11.8 Å². The van der Waals surface area contributed by atoms with E-state index >= 15 is 0 Å². The SMILES string of the molecule is CN(C)c1cc([N+]#N)ccc1O.[Cl-].[Cl-].[Zn+]. The van der Waals surface area contributed by atoms with Crippen molar-refractivity contribution in [2.75, 3.05) is 19.0 Å². The van der Waals surface area contributed by atoms with Crippen LogP contribution < -0.4 is 29.7 Å². The van der Waals surface area contributed by atoms with E-state index in [-0.39, 0.29) is 50.0 Å². The van der Waals surface area contributed by atoms with Crippen LogP contribution in [-0.4, -0.2) is 19.2 Å². The molecule has 0 saturated carbocycles. The first-order valence-corrected chi connectivity index (χ1v) is 3.50. The number of benzene rings is 1.